The number of carbonyl (C=O) groups excluding carboxylic acids is 4. The maximum atomic E-state index is 13.3. The van der Waals surface area contributed by atoms with E-state index in [9.17, 15) is 57.2 Å². The molecule has 0 aliphatic carbocycles. The van der Waals surface area contributed by atoms with Crippen LogP contribution in [-0.4, -0.2) is 233 Å². The van der Waals surface area contributed by atoms with E-state index in [2.05, 4.69) is 41.4 Å². The maximum absolute atomic E-state index is 13.3. The summed E-state index contributed by atoms with van der Waals surface area (Å²) in [7, 11) is -12.4. The molecular formula is C92H91FN24O12S4. The Morgan fingerprint density at radius 3 is 1.12 bits per heavy atom. The number of benzene rings is 4. The van der Waals surface area contributed by atoms with Crippen LogP contribution in [0.5, 0.6) is 0 Å². The largest absolute Gasteiger partial charge is 0.383 e. The number of sulfone groups is 4. The first-order valence-corrected chi connectivity index (χ1v) is 49.7. The first kappa shape index (κ1) is 90.1. The molecule has 0 atom stereocenters. The van der Waals surface area contributed by atoms with Gasteiger partial charge in [-0.05, 0) is 120 Å². The van der Waals surface area contributed by atoms with Gasteiger partial charge in [0.2, 0.25) is 0 Å². The topological polar surface area (TPSA) is 486 Å². The average molecular weight is 1870 g/mol. The van der Waals surface area contributed by atoms with Crippen LogP contribution in [0.25, 0.3) is 106 Å². The van der Waals surface area contributed by atoms with Gasteiger partial charge in [0.1, 0.15) is 74.6 Å². The molecule has 0 spiro atoms. The van der Waals surface area contributed by atoms with Gasteiger partial charge in [0.25, 0.3) is 0 Å². The smallest absolute Gasteiger partial charge is 0.167 e. The molecule has 0 unspecified atom stereocenters. The van der Waals surface area contributed by atoms with E-state index in [-0.39, 0.29) is 173 Å². The predicted molar refractivity (Wildman–Crippen MR) is 510 cm³/mol. The minimum Gasteiger partial charge on any atom is -0.383 e. The molecule has 36 nitrogen and oxygen atoms in total. The molecule has 16 aromatic rings. The quantitative estimate of drug-likeness (QED) is 0.0693. The normalized spacial score (nSPS) is 15.7. The molecule has 4 aliphatic rings. The Bertz CT molecular complexity index is 7850. The molecule has 4 fully saturated rings. The predicted octanol–water partition coefficient (Wildman–Crippen LogP) is 10.2. The fourth-order valence-electron chi connectivity index (χ4n) is 16.7. The van der Waals surface area contributed by atoms with Gasteiger partial charge in [-0.3, -0.25) is 34.1 Å². The number of carbonyl (C=O) groups is 4. The minimum atomic E-state index is -3.11. The number of halogens is 1. The molecule has 0 radical (unpaired) electrons. The van der Waals surface area contributed by atoms with Gasteiger partial charge >= 0.3 is 0 Å². The van der Waals surface area contributed by atoms with Crippen molar-refractivity contribution in [2.24, 2.45) is 0 Å². The number of ketones is 4. The number of nitrogens with two attached hydrogens (primary N) is 4. The monoisotopic (exact) mass is 1870 g/mol. The Hall–Kier alpha value is -14.8. The summed E-state index contributed by atoms with van der Waals surface area (Å²) in [5.41, 5.74) is 43.2. The molecule has 4 aliphatic heterocycles. The summed E-state index contributed by atoms with van der Waals surface area (Å²) >= 11 is 0. The van der Waals surface area contributed by atoms with Gasteiger partial charge in [-0.1, -0.05) is 72.3 Å². The number of hydrogen-bond acceptors (Lipinski definition) is 31. The van der Waals surface area contributed by atoms with E-state index in [4.69, 9.17) is 42.9 Å². The number of anilines is 8. The lowest BCUT2D eigenvalue weighted by molar-refractivity contribution is 0.100. The summed E-state index contributed by atoms with van der Waals surface area (Å²) in [6.07, 6.45) is 15.6. The molecule has 20 rings (SSSR count). The number of fused-ring (bicyclic) bond motifs is 5. The van der Waals surface area contributed by atoms with Crippen molar-refractivity contribution < 1.29 is 57.2 Å². The highest BCUT2D eigenvalue weighted by molar-refractivity contribution is 7.92. The van der Waals surface area contributed by atoms with Crippen LogP contribution in [0, 0.1) is 26.6 Å². The van der Waals surface area contributed by atoms with E-state index in [1.165, 1.54) is 57.9 Å². The lowest BCUT2D eigenvalue weighted by Gasteiger charge is -2.29. The van der Waals surface area contributed by atoms with E-state index in [1.807, 2.05) is 149 Å². The van der Waals surface area contributed by atoms with Crippen molar-refractivity contribution in [2.75, 3.05) is 141 Å². The number of Topliss-reactive ketones (excluding diaryl/α,β-unsaturated/α-hetero) is 4. The van der Waals surface area contributed by atoms with Crippen LogP contribution in [0.2, 0.25) is 0 Å². The number of rotatable bonds is 15. The zero-order valence-corrected chi connectivity index (χ0v) is 76.6. The molecular weight excluding hydrogens is 1780 g/mol. The zero-order chi connectivity index (χ0) is 94.0. The number of hydrogen-bond donors (Lipinski definition) is 4. The molecule has 12 aromatic heterocycles. The lowest BCUT2D eigenvalue weighted by Crippen LogP contribution is -2.41. The molecule has 133 heavy (non-hydrogen) atoms. The third kappa shape index (κ3) is 18.2. The summed E-state index contributed by atoms with van der Waals surface area (Å²) < 4.78 is 116. The molecule has 16 heterocycles. The second kappa shape index (κ2) is 35.8. The second-order valence-electron chi connectivity index (χ2n) is 32.9. The van der Waals surface area contributed by atoms with Crippen LogP contribution in [-0.2, 0) is 39.3 Å². The minimum absolute atomic E-state index is 0.00723. The molecule has 8 N–H and O–H groups in total. The lowest BCUT2D eigenvalue weighted by atomic mass is 10.0. The fourth-order valence-corrected chi connectivity index (χ4v) is 21.5. The van der Waals surface area contributed by atoms with Gasteiger partial charge in [-0.15, -0.1) is 0 Å². The Morgan fingerprint density at radius 1 is 0.353 bits per heavy atom. The van der Waals surface area contributed by atoms with Gasteiger partial charge in [-0.25, -0.2) is 58.0 Å². The van der Waals surface area contributed by atoms with Crippen LogP contribution >= 0.6 is 0 Å². The average Bonchev–Trinajstić information content (AvgIpc) is 1.66. The van der Waals surface area contributed by atoms with Gasteiger partial charge in [-0.2, -0.15) is 38.5 Å². The Morgan fingerprint density at radius 2 is 0.729 bits per heavy atom. The van der Waals surface area contributed by atoms with Crippen molar-refractivity contribution >= 4 is 143 Å². The Labute approximate surface area is 762 Å². The molecule has 0 amide bonds. The molecule has 41 heteroatoms. The summed E-state index contributed by atoms with van der Waals surface area (Å²) in [6, 6.07) is 40.0. The number of pyridine rings is 3. The van der Waals surface area contributed by atoms with Crippen molar-refractivity contribution in [1.29, 1.82) is 0 Å². The first-order valence-electron chi connectivity index (χ1n) is 42.4. The summed E-state index contributed by atoms with van der Waals surface area (Å²) in [4.78, 5) is 89.9. The molecule has 0 saturated carbocycles. The summed E-state index contributed by atoms with van der Waals surface area (Å²) in [6.45, 7) is 13.7. The number of aromatic nitrogens is 16. The van der Waals surface area contributed by atoms with Crippen LogP contribution < -0.4 is 42.5 Å². The molecule has 682 valence electrons. The molecule has 4 aromatic carbocycles. The van der Waals surface area contributed by atoms with Crippen LogP contribution in [0.3, 0.4) is 0 Å². The highest BCUT2D eigenvalue weighted by Crippen LogP contribution is 2.40. The van der Waals surface area contributed by atoms with Gasteiger partial charge in [0, 0.05) is 150 Å². The number of nitrogen functional groups attached to an aromatic ring is 4. The van der Waals surface area contributed by atoms with E-state index < -0.39 is 39.3 Å². The van der Waals surface area contributed by atoms with Gasteiger partial charge in [0.05, 0.1) is 87.7 Å². The van der Waals surface area contributed by atoms with Crippen LogP contribution in [0.4, 0.5) is 50.9 Å². The van der Waals surface area contributed by atoms with E-state index in [0.717, 1.165) is 94.7 Å². The van der Waals surface area contributed by atoms with E-state index in [1.54, 1.807) is 60.4 Å². The van der Waals surface area contributed by atoms with Crippen molar-refractivity contribution in [3.63, 3.8) is 0 Å². The number of aryl methyl sites for hydroxylation is 3. The Balaban J connectivity index is 0.000000124. The van der Waals surface area contributed by atoms with Gasteiger partial charge in [0.15, 0.2) is 85.1 Å². The Kier molecular flexibility index (Phi) is 24.3. The van der Waals surface area contributed by atoms with E-state index >= 15 is 0 Å². The first-order chi connectivity index (χ1) is 63.5. The standard InChI is InChI=1S/2C24H24N6O3S.C22H21FN6O3S.C22H22N6O3S/c1-15-5-3-4-6-18(15)20-8-7-17(13-26-20)19-14-27-30-22(25)21(16(2)31)24(28-23(19)30)29-9-11-34(32,33)12-10-29;1-15-12-18(13-26-21(15)17-6-4-3-5-7-17)19-14-27-30-22(25)20(16(2)31)24(28-23(19)30)29-8-10-34(32,33)11-9-29;1-14(30)19-20(24)29-21(26-22(19)27-8-10-33(31,32)11-9-27)18(12-25-29)15-6-7-28(13-15)17-4-2-16(23)3-5-17;1-13-3-4-18-15(9-13)10-16(11-24-18)17-12-25-28-20(23)19(14(2)29)22(26-21(17)28)27-5-7-32(30,31)8-6-27/h3-8,13-14H,9-12,25H2,1-2H3;3-7,12-14H,8-11,25H2,1-2H3;2-7,12-13H,8-11,24H2,1H3;3-4,9-12H,5-8,23H2,1-2H3. The van der Waals surface area contributed by atoms with Crippen molar-refractivity contribution in [1.82, 2.24) is 77.9 Å². The maximum Gasteiger partial charge on any atom is 0.167 e. The highest BCUT2D eigenvalue weighted by atomic mass is 32.2. The summed E-state index contributed by atoms with van der Waals surface area (Å²) in [5.74, 6) is 0.913. The third-order valence-corrected chi connectivity index (χ3v) is 30.3. The van der Waals surface area contributed by atoms with Crippen molar-refractivity contribution in [3.8, 4) is 72.7 Å². The van der Waals surface area contributed by atoms with Crippen LogP contribution in [0.15, 0.2) is 183 Å². The zero-order valence-electron chi connectivity index (χ0n) is 73.3. The van der Waals surface area contributed by atoms with Crippen molar-refractivity contribution in [3.05, 3.63) is 228 Å². The second-order valence-corrected chi connectivity index (χ2v) is 42.2. The molecule has 0 bridgehead atoms. The highest BCUT2D eigenvalue weighted by Gasteiger charge is 2.35. The van der Waals surface area contributed by atoms with Crippen molar-refractivity contribution in [2.45, 2.75) is 48.5 Å². The van der Waals surface area contributed by atoms with E-state index in [0.29, 0.717) is 51.4 Å². The molecule has 4 saturated heterocycles. The third-order valence-electron chi connectivity index (χ3n) is 23.8. The number of nitrogens with zero attached hydrogens (tertiary/aromatic N) is 20. The SMILES string of the molecule is CC(=O)c1c(N2CCS(=O)(=O)CC2)nc2c(-c3ccc(-c4ccccc4C)nc3)cnn2c1N.CC(=O)c1c(N2CCS(=O)(=O)CC2)nc2c(-c3ccn(-c4ccc(F)cc4)c3)cnn2c1N.CC(=O)c1c(N2CCS(=O)(=O)CC2)nc2c(-c3cnc(-c4ccccc4)c(C)c3)cnn2c1N.CC(=O)c1c(N2CCS(=O)(=O)CC2)nc2c(-c3cnc4ccc(C)cc4c3)cnn2c1N. The van der Waals surface area contributed by atoms with Crippen LogP contribution in [0.1, 0.15) is 85.8 Å². The summed E-state index contributed by atoms with van der Waals surface area (Å²) in [5, 5.41) is 18.5. The van der Waals surface area contributed by atoms with Gasteiger partial charge < -0.3 is 47.1 Å². The fraction of sp³-hybridized carbons (Fsp3) is 0.250.